The fourth-order valence-electron chi connectivity index (χ4n) is 5.96. The number of rotatable bonds is 11. The summed E-state index contributed by atoms with van der Waals surface area (Å²) >= 11 is 0. The van der Waals surface area contributed by atoms with Crippen molar-refractivity contribution in [3.8, 4) is 0 Å². The van der Waals surface area contributed by atoms with Gasteiger partial charge in [-0.2, -0.15) is 0 Å². The zero-order valence-corrected chi connectivity index (χ0v) is 25.0. The summed E-state index contributed by atoms with van der Waals surface area (Å²) in [6.07, 6.45) is 5.13. The van der Waals surface area contributed by atoms with Gasteiger partial charge in [0.15, 0.2) is 5.60 Å². The number of para-hydroxylation sites is 1. The molecule has 3 amide bonds. The molecule has 0 aromatic heterocycles. The van der Waals surface area contributed by atoms with Crippen LogP contribution >= 0.6 is 0 Å². The van der Waals surface area contributed by atoms with Gasteiger partial charge in [0, 0.05) is 48.9 Å². The van der Waals surface area contributed by atoms with E-state index in [2.05, 4.69) is 10.6 Å². The van der Waals surface area contributed by atoms with Crippen molar-refractivity contribution in [2.24, 2.45) is 11.8 Å². The first-order valence-corrected chi connectivity index (χ1v) is 15.2. The SMILES string of the molecule is C[C@H](/C=C/CC(=O)N(CCO)Cc1ccccc1)[C@@]1(O)C(=O)N(c2ccccc2)c2ccc(NC(=O)C3CCCNC3)cc21. The quantitative estimate of drug-likeness (QED) is 0.248. The molecule has 1 saturated heterocycles. The highest BCUT2D eigenvalue weighted by atomic mass is 16.3. The minimum absolute atomic E-state index is 0.0439. The van der Waals surface area contributed by atoms with Gasteiger partial charge in [0.2, 0.25) is 11.8 Å². The van der Waals surface area contributed by atoms with E-state index in [1.807, 2.05) is 48.5 Å². The highest BCUT2D eigenvalue weighted by molar-refractivity contribution is 6.12. The zero-order valence-electron chi connectivity index (χ0n) is 25.0. The normalized spacial score (nSPS) is 20.4. The molecule has 1 unspecified atom stereocenters. The average molecular weight is 597 g/mol. The molecular weight excluding hydrogens is 556 g/mol. The summed E-state index contributed by atoms with van der Waals surface area (Å²) in [7, 11) is 0. The molecule has 0 spiro atoms. The lowest BCUT2D eigenvalue weighted by Gasteiger charge is -2.28. The monoisotopic (exact) mass is 596 g/mol. The number of carbonyl (C=O) groups excluding carboxylic acids is 3. The van der Waals surface area contributed by atoms with Gasteiger partial charge in [0.05, 0.1) is 18.2 Å². The predicted octanol–water partition coefficient (Wildman–Crippen LogP) is 4.09. The van der Waals surface area contributed by atoms with Gasteiger partial charge in [-0.05, 0) is 55.3 Å². The number of nitrogens with zero attached hydrogens (tertiary/aromatic N) is 2. The standard InChI is InChI=1S/C35H40N4O5/c1-25(10-8-16-32(41)38(20-21-40)24-26-11-4-2-5-12-26)35(44)30-22-28(37-33(42)27-13-9-19-36-23-27)17-18-31(30)39(34(35)43)29-14-6-3-7-15-29/h2-8,10-12,14-15,17-18,22,25,27,36,40,44H,9,13,16,19-21,23-24H2,1H3,(H,37,42)/b10-8+/t25-,27?,35+/m1/s1. The number of hydrogen-bond donors (Lipinski definition) is 4. The van der Waals surface area contributed by atoms with Crippen molar-refractivity contribution in [2.75, 3.05) is 36.5 Å². The highest BCUT2D eigenvalue weighted by Gasteiger charge is 2.53. The van der Waals surface area contributed by atoms with Crippen LogP contribution in [0.1, 0.15) is 37.3 Å². The van der Waals surface area contributed by atoms with Gasteiger partial charge in [-0.3, -0.25) is 19.3 Å². The number of anilines is 3. The van der Waals surface area contributed by atoms with E-state index in [4.69, 9.17) is 0 Å². The maximum atomic E-state index is 14.0. The maximum Gasteiger partial charge on any atom is 0.268 e. The summed E-state index contributed by atoms with van der Waals surface area (Å²) in [4.78, 5) is 43.2. The molecule has 3 aromatic carbocycles. The van der Waals surface area contributed by atoms with Gasteiger partial charge in [-0.25, -0.2) is 0 Å². The molecule has 5 rings (SSSR count). The number of hydrogen-bond acceptors (Lipinski definition) is 6. The second-order valence-corrected chi connectivity index (χ2v) is 11.5. The first-order chi connectivity index (χ1) is 21.3. The minimum atomic E-state index is -1.94. The van der Waals surface area contributed by atoms with Crippen LogP contribution in [0, 0.1) is 11.8 Å². The van der Waals surface area contributed by atoms with Crippen LogP contribution in [-0.4, -0.2) is 59.1 Å². The van der Waals surface area contributed by atoms with Crippen LogP contribution in [0.15, 0.2) is 91.0 Å². The van der Waals surface area contributed by atoms with Crippen LogP contribution in [0.2, 0.25) is 0 Å². The van der Waals surface area contributed by atoms with Crippen LogP contribution in [0.25, 0.3) is 0 Å². The molecule has 44 heavy (non-hydrogen) atoms. The number of carbonyl (C=O) groups is 3. The number of aliphatic hydroxyl groups is 2. The molecule has 2 aliphatic heterocycles. The van der Waals surface area contributed by atoms with Crippen molar-refractivity contribution in [1.82, 2.24) is 10.2 Å². The Hall–Kier alpha value is -4.31. The van der Waals surface area contributed by atoms with Crippen LogP contribution < -0.4 is 15.5 Å². The van der Waals surface area contributed by atoms with E-state index in [0.29, 0.717) is 35.7 Å². The largest absolute Gasteiger partial charge is 0.395 e. The highest BCUT2D eigenvalue weighted by Crippen LogP contribution is 2.49. The molecule has 9 nitrogen and oxygen atoms in total. The topological polar surface area (TPSA) is 122 Å². The van der Waals surface area contributed by atoms with E-state index in [-0.39, 0.29) is 37.3 Å². The van der Waals surface area contributed by atoms with Gasteiger partial charge < -0.3 is 25.7 Å². The fraction of sp³-hybridized carbons (Fsp3) is 0.343. The van der Waals surface area contributed by atoms with E-state index in [1.165, 1.54) is 4.90 Å². The van der Waals surface area contributed by atoms with E-state index >= 15 is 0 Å². The first-order valence-electron chi connectivity index (χ1n) is 15.2. The fourth-order valence-corrected chi connectivity index (χ4v) is 5.96. The van der Waals surface area contributed by atoms with Crippen molar-refractivity contribution >= 4 is 34.8 Å². The van der Waals surface area contributed by atoms with Crippen molar-refractivity contribution < 1.29 is 24.6 Å². The molecule has 9 heteroatoms. The third-order valence-corrected chi connectivity index (χ3v) is 8.44. The third-order valence-electron chi connectivity index (χ3n) is 8.44. The molecule has 4 N–H and O–H groups in total. The van der Waals surface area contributed by atoms with Crippen LogP contribution in [0.3, 0.4) is 0 Å². The molecule has 1 fully saturated rings. The molecule has 3 atom stereocenters. The third kappa shape index (κ3) is 6.60. The molecule has 0 aliphatic carbocycles. The second-order valence-electron chi connectivity index (χ2n) is 11.5. The summed E-state index contributed by atoms with van der Waals surface area (Å²) < 4.78 is 0. The lowest BCUT2D eigenvalue weighted by atomic mass is 9.82. The molecule has 0 bridgehead atoms. The number of piperidine rings is 1. The lowest BCUT2D eigenvalue weighted by Crippen LogP contribution is -2.42. The van der Waals surface area contributed by atoms with E-state index in [9.17, 15) is 24.6 Å². The number of aliphatic hydroxyl groups excluding tert-OH is 1. The summed E-state index contributed by atoms with van der Waals surface area (Å²) in [5.41, 5.74) is 1.07. The predicted molar refractivity (Wildman–Crippen MR) is 170 cm³/mol. The molecular formula is C35H40N4O5. The molecule has 3 aromatic rings. The van der Waals surface area contributed by atoms with Gasteiger partial charge in [-0.15, -0.1) is 0 Å². The smallest absolute Gasteiger partial charge is 0.268 e. The van der Waals surface area contributed by atoms with E-state index in [1.54, 1.807) is 54.3 Å². The van der Waals surface area contributed by atoms with Crippen molar-refractivity contribution in [1.29, 1.82) is 0 Å². The average Bonchev–Trinajstić information content (AvgIpc) is 3.28. The van der Waals surface area contributed by atoms with Crippen molar-refractivity contribution in [2.45, 2.75) is 38.3 Å². The Kier molecular flexibility index (Phi) is 9.89. The second kappa shape index (κ2) is 14.0. The lowest BCUT2D eigenvalue weighted by molar-refractivity contribution is -0.138. The van der Waals surface area contributed by atoms with E-state index < -0.39 is 17.4 Å². The Morgan fingerprint density at radius 2 is 1.84 bits per heavy atom. The molecule has 230 valence electrons. The Morgan fingerprint density at radius 3 is 2.52 bits per heavy atom. The number of amides is 3. The number of benzene rings is 3. The molecule has 0 radical (unpaired) electrons. The molecule has 0 saturated carbocycles. The van der Waals surface area contributed by atoms with Crippen molar-refractivity contribution in [3.63, 3.8) is 0 Å². The number of fused-ring (bicyclic) bond motifs is 1. The van der Waals surface area contributed by atoms with Gasteiger partial charge in [0.25, 0.3) is 5.91 Å². The summed E-state index contributed by atoms with van der Waals surface area (Å²) in [6.45, 7) is 3.67. The zero-order chi connectivity index (χ0) is 31.1. The Morgan fingerprint density at radius 1 is 1.11 bits per heavy atom. The van der Waals surface area contributed by atoms with Gasteiger partial charge >= 0.3 is 0 Å². The van der Waals surface area contributed by atoms with E-state index in [0.717, 1.165) is 24.9 Å². The van der Waals surface area contributed by atoms with Crippen LogP contribution in [-0.2, 0) is 26.5 Å². The first kappa shape index (κ1) is 31.1. The van der Waals surface area contributed by atoms with Crippen LogP contribution in [0.4, 0.5) is 17.1 Å². The Bertz CT molecular complexity index is 1490. The Labute approximate surface area is 258 Å². The number of nitrogens with one attached hydrogen (secondary N) is 2. The minimum Gasteiger partial charge on any atom is -0.395 e. The summed E-state index contributed by atoms with van der Waals surface area (Å²) in [6, 6.07) is 23.9. The van der Waals surface area contributed by atoms with Crippen molar-refractivity contribution in [3.05, 3.63) is 102 Å². The summed E-state index contributed by atoms with van der Waals surface area (Å²) in [5, 5.41) is 27.9. The molecule has 2 heterocycles. The maximum absolute atomic E-state index is 14.0. The Balaban J connectivity index is 1.38. The van der Waals surface area contributed by atoms with Crippen LogP contribution in [0.5, 0.6) is 0 Å². The summed E-state index contributed by atoms with van der Waals surface area (Å²) in [5.74, 6) is -1.63. The molecule has 2 aliphatic rings. The van der Waals surface area contributed by atoms with Gasteiger partial charge in [0.1, 0.15) is 0 Å². The van der Waals surface area contributed by atoms with Gasteiger partial charge in [-0.1, -0.05) is 67.6 Å².